The molecule has 2 rings (SSSR count). The van der Waals surface area contributed by atoms with Crippen LogP contribution in [0.1, 0.15) is 18.5 Å². The van der Waals surface area contributed by atoms with Crippen molar-refractivity contribution < 1.29 is 21.6 Å². The molecule has 1 fully saturated rings. The van der Waals surface area contributed by atoms with Gasteiger partial charge < -0.3 is 4.57 Å². The molecular weight excluding hydrogens is 329 g/mol. The molecule has 21 heavy (non-hydrogen) atoms. The number of halogens is 4. The van der Waals surface area contributed by atoms with Gasteiger partial charge in [0.25, 0.3) is 0 Å². The second-order valence-corrected chi connectivity index (χ2v) is 7.34. The molecule has 0 N–H and O–H groups in total. The number of hydrogen-bond acceptors (Lipinski definition) is 2. The van der Waals surface area contributed by atoms with Gasteiger partial charge in [0.1, 0.15) is 4.90 Å². The fourth-order valence-electron chi connectivity index (χ4n) is 2.42. The summed E-state index contributed by atoms with van der Waals surface area (Å²) in [5.74, 6) is -1.25. The van der Waals surface area contributed by atoms with Gasteiger partial charge in [0.15, 0.2) is 0 Å². The van der Waals surface area contributed by atoms with Crippen LogP contribution >= 0.6 is 11.6 Å². The Balaban J connectivity index is 2.15. The molecule has 9 heteroatoms. The smallest absolute Gasteiger partial charge is 0.352 e. The van der Waals surface area contributed by atoms with Crippen LogP contribution in [0.2, 0.25) is 0 Å². The SMILES string of the molecule is Cn1cc(S(=O)(=O)N2CCC(C(F)(F)F)CC2)cc1CCl. The van der Waals surface area contributed by atoms with E-state index in [2.05, 4.69) is 0 Å². The Bertz CT molecular complexity index is 605. The van der Waals surface area contributed by atoms with Crippen molar-refractivity contribution in [3.8, 4) is 0 Å². The third kappa shape index (κ3) is 3.37. The predicted molar refractivity (Wildman–Crippen MR) is 72.5 cm³/mol. The maximum Gasteiger partial charge on any atom is 0.391 e. The molecule has 0 amide bonds. The van der Waals surface area contributed by atoms with E-state index in [9.17, 15) is 21.6 Å². The zero-order valence-corrected chi connectivity index (χ0v) is 13.0. The Labute approximate surface area is 126 Å². The fourth-order valence-corrected chi connectivity index (χ4v) is 4.26. The second kappa shape index (κ2) is 5.81. The molecule has 0 aromatic carbocycles. The maximum absolute atomic E-state index is 12.6. The normalized spacial score (nSPS) is 19.1. The van der Waals surface area contributed by atoms with Gasteiger partial charge in [0, 0.05) is 32.0 Å². The molecule has 1 aromatic heterocycles. The lowest BCUT2D eigenvalue weighted by Crippen LogP contribution is -2.41. The first-order valence-electron chi connectivity index (χ1n) is 6.44. The van der Waals surface area contributed by atoms with Crippen LogP contribution in [0.15, 0.2) is 17.2 Å². The molecule has 2 heterocycles. The van der Waals surface area contributed by atoms with E-state index in [0.717, 1.165) is 4.31 Å². The molecule has 0 aliphatic carbocycles. The van der Waals surface area contributed by atoms with E-state index in [0.29, 0.717) is 5.69 Å². The minimum Gasteiger partial charge on any atom is -0.352 e. The van der Waals surface area contributed by atoms with E-state index < -0.39 is 22.1 Å². The van der Waals surface area contributed by atoms with E-state index in [4.69, 9.17) is 11.6 Å². The lowest BCUT2D eigenvalue weighted by Gasteiger charge is -2.31. The lowest BCUT2D eigenvalue weighted by molar-refractivity contribution is -0.182. The highest BCUT2D eigenvalue weighted by Gasteiger charge is 2.43. The monoisotopic (exact) mass is 344 g/mol. The van der Waals surface area contributed by atoms with Crippen LogP contribution in [-0.2, 0) is 23.0 Å². The Morgan fingerprint density at radius 2 is 1.90 bits per heavy atom. The summed E-state index contributed by atoms with van der Waals surface area (Å²) in [6.07, 6.45) is -3.22. The lowest BCUT2D eigenvalue weighted by atomic mass is 9.98. The number of aryl methyl sites for hydroxylation is 1. The number of rotatable bonds is 3. The van der Waals surface area contributed by atoms with E-state index in [1.165, 1.54) is 12.3 Å². The van der Waals surface area contributed by atoms with Crippen molar-refractivity contribution >= 4 is 21.6 Å². The molecule has 1 aromatic rings. The second-order valence-electron chi connectivity index (χ2n) is 5.13. The molecule has 0 unspecified atom stereocenters. The quantitative estimate of drug-likeness (QED) is 0.791. The molecule has 1 aliphatic heterocycles. The largest absolute Gasteiger partial charge is 0.391 e. The third-order valence-electron chi connectivity index (χ3n) is 3.77. The maximum atomic E-state index is 12.6. The predicted octanol–water partition coefficient (Wildman–Crippen LogP) is 2.73. The molecule has 1 saturated heterocycles. The Hall–Kier alpha value is -0.730. The topological polar surface area (TPSA) is 42.3 Å². The van der Waals surface area contributed by atoms with Crippen LogP contribution in [0.25, 0.3) is 0 Å². The van der Waals surface area contributed by atoms with E-state index in [1.807, 2.05) is 0 Å². The van der Waals surface area contributed by atoms with Crippen molar-refractivity contribution in [3.63, 3.8) is 0 Å². The summed E-state index contributed by atoms with van der Waals surface area (Å²) in [6, 6.07) is 1.46. The van der Waals surface area contributed by atoms with Crippen LogP contribution in [0, 0.1) is 5.92 Å². The van der Waals surface area contributed by atoms with Gasteiger partial charge >= 0.3 is 6.18 Å². The van der Waals surface area contributed by atoms with Gasteiger partial charge in [-0.15, -0.1) is 11.6 Å². The number of sulfonamides is 1. The molecule has 4 nitrogen and oxygen atoms in total. The van der Waals surface area contributed by atoms with Gasteiger partial charge in [-0.05, 0) is 18.9 Å². The Morgan fingerprint density at radius 3 is 2.33 bits per heavy atom. The van der Waals surface area contributed by atoms with Crippen molar-refractivity contribution in [1.29, 1.82) is 0 Å². The molecule has 0 bridgehead atoms. The first-order valence-corrected chi connectivity index (χ1v) is 8.42. The minimum absolute atomic E-state index is 0.0751. The highest BCUT2D eigenvalue weighted by molar-refractivity contribution is 7.89. The number of nitrogens with zero attached hydrogens (tertiary/aromatic N) is 2. The van der Waals surface area contributed by atoms with Crippen LogP contribution < -0.4 is 0 Å². The van der Waals surface area contributed by atoms with E-state index in [-0.39, 0.29) is 36.7 Å². The van der Waals surface area contributed by atoms with Gasteiger partial charge in [0.2, 0.25) is 10.0 Å². The van der Waals surface area contributed by atoms with Gasteiger partial charge in [-0.1, -0.05) is 0 Å². The first-order chi connectivity index (χ1) is 9.66. The number of aromatic nitrogens is 1. The third-order valence-corrected chi connectivity index (χ3v) is 5.91. The molecule has 0 saturated carbocycles. The number of hydrogen-bond donors (Lipinski definition) is 0. The van der Waals surface area contributed by atoms with Crippen molar-refractivity contribution in [2.45, 2.75) is 29.8 Å². The molecule has 0 spiro atoms. The zero-order chi connectivity index (χ0) is 15.8. The van der Waals surface area contributed by atoms with Crippen molar-refractivity contribution in [2.75, 3.05) is 13.1 Å². The number of alkyl halides is 4. The average Bonchev–Trinajstić information content (AvgIpc) is 2.80. The van der Waals surface area contributed by atoms with Gasteiger partial charge in [-0.2, -0.15) is 17.5 Å². The molecule has 0 atom stereocenters. The summed E-state index contributed by atoms with van der Waals surface area (Å²) in [6.45, 7) is -0.227. The first kappa shape index (κ1) is 16.6. The Morgan fingerprint density at radius 1 is 1.33 bits per heavy atom. The standard InChI is InChI=1S/C12H16ClF3N2O2S/c1-17-8-11(6-10(17)7-13)21(19,20)18-4-2-9(3-5-18)12(14,15)16/h6,8-9H,2-5,7H2,1H3. The highest BCUT2D eigenvalue weighted by Crippen LogP contribution is 2.35. The summed E-state index contributed by atoms with van der Waals surface area (Å²) in [7, 11) is -2.08. The van der Waals surface area contributed by atoms with Gasteiger partial charge in [0.05, 0.1) is 11.8 Å². The molecule has 120 valence electrons. The van der Waals surface area contributed by atoms with Crippen molar-refractivity contribution in [3.05, 3.63) is 18.0 Å². The highest BCUT2D eigenvalue weighted by atomic mass is 35.5. The van der Waals surface area contributed by atoms with Crippen molar-refractivity contribution in [2.24, 2.45) is 13.0 Å². The average molecular weight is 345 g/mol. The number of piperidine rings is 1. The summed E-state index contributed by atoms with van der Waals surface area (Å²) < 4.78 is 65.4. The molecule has 0 radical (unpaired) electrons. The zero-order valence-electron chi connectivity index (χ0n) is 11.4. The minimum atomic E-state index is -4.26. The molecule has 1 aliphatic rings. The fraction of sp³-hybridized carbons (Fsp3) is 0.667. The van der Waals surface area contributed by atoms with Crippen LogP contribution in [0.5, 0.6) is 0 Å². The Kier molecular flexibility index (Phi) is 4.60. The van der Waals surface area contributed by atoms with Gasteiger partial charge in [-0.25, -0.2) is 8.42 Å². The van der Waals surface area contributed by atoms with Gasteiger partial charge in [-0.3, -0.25) is 0 Å². The molecular formula is C12H16ClF3N2O2S. The summed E-state index contributed by atoms with van der Waals surface area (Å²) >= 11 is 5.70. The van der Waals surface area contributed by atoms with Crippen molar-refractivity contribution in [1.82, 2.24) is 8.87 Å². The van der Waals surface area contributed by atoms with Crippen LogP contribution in [0.4, 0.5) is 13.2 Å². The summed E-state index contributed by atoms with van der Waals surface area (Å²) in [5.41, 5.74) is 0.639. The summed E-state index contributed by atoms with van der Waals surface area (Å²) in [4.78, 5) is 0.0751. The summed E-state index contributed by atoms with van der Waals surface area (Å²) in [5, 5.41) is 0. The van der Waals surface area contributed by atoms with E-state index in [1.54, 1.807) is 11.6 Å². The van der Waals surface area contributed by atoms with Crippen LogP contribution in [-0.4, -0.2) is 36.6 Å². The van der Waals surface area contributed by atoms with Crippen LogP contribution in [0.3, 0.4) is 0 Å². The van der Waals surface area contributed by atoms with E-state index >= 15 is 0 Å².